The molecular weight excluding hydrogens is 290 g/mol. The lowest BCUT2D eigenvalue weighted by Crippen LogP contribution is -2.49. The zero-order valence-corrected chi connectivity index (χ0v) is 14.2. The molecule has 0 amide bonds. The van der Waals surface area contributed by atoms with Crippen LogP contribution in [0.5, 0.6) is 0 Å². The molecule has 0 aromatic carbocycles. The molecule has 2 fully saturated rings. The summed E-state index contributed by atoms with van der Waals surface area (Å²) < 4.78 is 0. The first-order valence-electron chi connectivity index (χ1n) is 8.71. The Labute approximate surface area is 138 Å². The van der Waals surface area contributed by atoms with Gasteiger partial charge in [0.1, 0.15) is 0 Å². The average Bonchev–Trinajstić information content (AvgIpc) is 3.09. The molecule has 1 saturated heterocycles. The zero-order valence-electron chi connectivity index (χ0n) is 13.3. The van der Waals surface area contributed by atoms with Gasteiger partial charge in [-0.2, -0.15) is 5.26 Å². The molecule has 1 saturated carbocycles. The van der Waals surface area contributed by atoms with Crippen molar-refractivity contribution in [2.45, 2.75) is 50.5 Å². The lowest BCUT2D eigenvalue weighted by atomic mass is 9.88. The third-order valence-electron chi connectivity index (χ3n) is 5.19. The van der Waals surface area contributed by atoms with Crippen molar-refractivity contribution in [1.29, 1.82) is 5.26 Å². The summed E-state index contributed by atoms with van der Waals surface area (Å²) in [5, 5.41) is 15.0. The van der Waals surface area contributed by atoms with Gasteiger partial charge in [-0.3, -0.25) is 4.90 Å². The number of rotatable bonds is 5. The number of likely N-dealkylation sites (tertiary alicyclic amines) is 1. The Balaban J connectivity index is 1.56. The highest BCUT2D eigenvalue weighted by Crippen LogP contribution is 2.30. The van der Waals surface area contributed by atoms with Crippen molar-refractivity contribution >= 4 is 11.3 Å². The summed E-state index contributed by atoms with van der Waals surface area (Å²) in [7, 11) is 0. The van der Waals surface area contributed by atoms with Crippen LogP contribution < -0.4 is 5.32 Å². The molecule has 2 heterocycles. The molecule has 1 aromatic heterocycles. The van der Waals surface area contributed by atoms with Crippen molar-refractivity contribution in [3.05, 3.63) is 22.4 Å². The fourth-order valence-electron chi connectivity index (χ4n) is 4.02. The molecule has 3 nitrogen and oxygen atoms in total. The van der Waals surface area contributed by atoms with E-state index in [0.29, 0.717) is 18.5 Å². The van der Waals surface area contributed by atoms with Gasteiger partial charge in [-0.25, -0.2) is 0 Å². The third kappa shape index (κ3) is 4.32. The number of hydrogen-bond acceptors (Lipinski definition) is 4. The second kappa shape index (κ2) is 8.10. The minimum atomic E-state index is 0.538. The molecule has 0 bridgehead atoms. The second-order valence-electron chi connectivity index (χ2n) is 6.91. The van der Waals surface area contributed by atoms with E-state index in [9.17, 15) is 0 Å². The van der Waals surface area contributed by atoms with E-state index in [4.69, 9.17) is 5.26 Å². The van der Waals surface area contributed by atoms with Gasteiger partial charge in [0, 0.05) is 29.9 Å². The van der Waals surface area contributed by atoms with E-state index in [1.165, 1.54) is 49.9 Å². The Morgan fingerprint density at radius 2 is 2.14 bits per heavy atom. The minimum absolute atomic E-state index is 0.538. The SMILES string of the molecule is N#CCN1CC(NCC2CCCCC2)CC(c2cccs2)C1. The molecule has 1 aliphatic heterocycles. The van der Waals surface area contributed by atoms with Crippen LogP contribution >= 0.6 is 11.3 Å². The average molecular weight is 318 g/mol. The first-order chi connectivity index (χ1) is 10.8. The minimum Gasteiger partial charge on any atom is -0.312 e. The van der Waals surface area contributed by atoms with Crippen LogP contribution in [-0.4, -0.2) is 37.1 Å². The topological polar surface area (TPSA) is 39.1 Å². The highest BCUT2D eigenvalue weighted by Gasteiger charge is 2.29. The van der Waals surface area contributed by atoms with Crippen LogP contribution in [0.4, 0.5) is 0 Å². The molecule has 0 spiro atoms. The van der Waals surface area contributed by atoms with Crippen LogP contribution in [0, 0.1) is 17.2 Å². The monoisotopic (exact) mass is 317 g/mol. The molecule has 2 unspecified atom stereocenters. The van der Waals surface area contributed by atoms with Crippen molar-refractivity contribution in [3.63, 3.8) is 0 Å². The van der Waals surface area contributed by atoms with Crippen LogP contribution in [0.25, 0.3) is 0 Å². The maximum Gasteiger partial charge on any atom is 0.0866 e. The summed E-state index contributed by atoms with van der Waals surface area (Å²) in [6.45, 7) is 3.80. The van der Waals surface area contributed by atoms with Crippen molar-refractivity contribution in [2.24, 2.45) is 5.92 Å². The Morgan fingerprint density at radius 1 is 1.27 bits per heavy atom. The van der Waals surface area contributed by atoms with Gasteiger partial charge in [-0.1, -0.05) is 25.3 Å². The van der Waals surface area contributed by atoms with E-state index >= 15 is 0 Å². The van der Waals surface area contributed by atoms with Crippen LogP contribution in [0.3, 0.4) is 0 Å². The molecule has 2 atom stereocenters. The van der Waals surface area contributed by atoms with Gasteiger partial charge in [-0.05, 0) is 43.2 Å². The number of nitrogens with zero attached hydrogens (tertiary/aromatic N) is 2. The Bertz CT molecular complexity index is 473. The third-order valence-corrected chi connectivity index (χ3v) is 6.22. The van der Waals surface area contributed by atoms with Crippen molar-refractivity contribution < 1.29 is 0 Å². The van der Waals surface area contributed by atoms with Gasteiger partial charge in [0.05, 0.1) is 12.6 Å². The van der Waals surface area contributed by atoms with Crippen molar-refractivity contribution in [3.8, 4) is 6.07 Å². The zero-order chi connectivity index (χ0) is 15.2. The fourth-order valence-corrected chi connectivity index (χ4v) is 4.86. The molecule has 4 heteroatoms. The lowest BCUT2D eigenvalue weighted by molar-refractivity contribution is 0.182. The van der Waals surface area contributed by atoms with Crippen LogP contribution in [0.15, 0.2) is 17.5 Å². The van der Waals surface area contributed by atoms with Gasteiger partial charge in [0.15, 0.2) is 0 Å². The maximum absolute atomic E-state index is 9.05. The Hall–Kier alpha value is -0.890. The summed E-state index contributed by atoms with van der Waals surface area (Å²) in [5.74, 6) is 1.46. The van der Waals surface area contributed by atoms with Crippen molar-refractivity contribution in [2.75, 3.05) is 26.2 Å². The highest BCUT2D eigenvalue weighted by molar-refractivity contribution is 7.10. The van der Waals surface area contributed by atoms with E-state index in [1.807, 2.05) is 11.3 Å². The van der Waals surface area contributed by atoms with Gasteiger partial charge in [-0.15, -0.1) is 11.3 Å². The van der Waals surface area contributed by atoms with Gasteiger partial charge in [0.2, 0.25) is 0 Å². The van der Waals surface area contributed by atoms with Crippen LogP contribution in [-0.2, 0) is 0 Å². The second-order valence-corrected chi connectivity index (χ2v) is 7.89. The number of nitriles is 1. The lowest BCUT2D eigenvalue weighted by Gasteiger charge is -2.37. The number of nitrogens with one attached hydrogen (secondary N) is 1. The van der Waals surface area contributed by atoms with E-state index in [-0.39, 0.29) is 0 Å². The summed E-state index contributed by atoms with van der Waals surface area (Å²) in [5.41, 5.74) is 0. The van der Waals surface area contributed by atoms with Crippen molar-refractivity contribution in [1.82, 2.24) is 10.2 Å². The molecule has 1 aromatic rings. The predicted octanol–water partition coefficient (Wildman–Crippen LogP) is 3.60. The van der Waals surface area contributed by atoms with Gasteiger partial charge in [0.25, 0.3) is 0 Å². The molecule has 120 valence electrons. The number of hydrogen-bond donors (Lipinski definition) is 1. The highest BCUT2D eigenvalue weighted by atomic mass is 32.1. The molecule has 2 aliphatic rings. The van der Waals surface area contributed by atoms with Crippen LogP contribution in [0.2, 0.25) is 0 Å². The molecule has 0 radical (unpaired) electrons. The van der Waals surface area contributed by atoms with E-state index in [0.717, 1.165) is 19.0 Å². The summed E-state index contributed by atoms with van der Waals surface area (Å²) in [6.07, 6.45) is 8.27. The maximum atomic E-state index is 9.05. The van der Waals surface area contributed by atoms with Gasteiger partial charge >= 0.3 is 0 Å². The molecule has 1 N–H and O–H groups in total. The first kappa shape index (κ1) is 16.0. The fraction of sp³-hybridized carbons (Fsp3) is 0.722. The van der Waals surface area contributed by atoms with Gasteiger partial charge < -0.3 is 5.32 Å². The van der Waals surface area contributed by atoms with Crippen LogP contribution in [0.1, 0.15) is 49.3 Å². The van der Waals surface area contributed by atoms with E-state index in [1.54, 1.807) is 0 Å². The first-order valence-corrected chi connectivity index (χ1v) is 9.59. The summed E-state index contributed by atoms with van der Waals surface area (Å²) in [6, 6.07) is 7.27. The molecule has 22 heavy (non-hydrogen) atoms. The summed E-state index contributed by atoms with van der Waals surface area (Å²) in [4.78, 5) is 3.80. The normalized spacial score (nSPS) is 27.6. The summed E-state index contributed by atoms with van der Waals surface area (Å²) >= 11 is 1.86. The Morgan fingerprint density at radius 3 is 2.86 bits per heavy atom. The molecule has 1 aliphatic carbocycles. The molecule has 3 rings (SSSR count). The largest absolute Gasteiger partial charge is 0.312 e. The number of piperidine rings is 1. The standard InChI is InChI=1S/C18H27N3S/c19-8-9-21-13-16(18-7-4-10-22-18)11-17(14-21)20-12-15-5-2-1-3-6-15/h4,7,10,15-17,20H,1-3,5-6,9,11-14H2. The smallest absolute Gasteiger partial charge is 0.0866 e. The molecular formula is C18H27N3S. The van der Waals surface area contributed by atoms with E-state index < -0.39 is 0 Å². The predicted molar refractivity (Wildman–Crippen MR) is 92.1 cm³/mol. The quantitative estimate of drug-likeness (QED) is 0.843. The number of thiophene rings is 1. The van der Waals surface area contributed by atoms with E-state index in [2.05, 4.69) is 33.8 Å². The Kier molecular flexibility index (Phi) is 5.89.